The largest absolute Gasteiger partial charge is 0.366 e. The van der Waals surface area contributed by atoms with Crippen LogP contribution in [0, 0.1) is 11.8 Å². The number of imidazole rings is 1. The van der Waals surface area contributed by atoms with Crippen molar-refractivity contribution < 1.29 is 0 Å². The van der Waals surface area contributed by atoms with Crippen LogP contribution in [0.1, 0.15) is 33.1 Å². The van der Waals surface area contributed by atoms with Gasteiger partial charge in [0.1, 0.15) is 17.2 Å². The number of rotatable bonds is 3. The molecule has 3 aromatic heterocycles. The highest BCUT2D eigenvalue weighted by Gasteiger charge is 2.28. The minimum atomic E-state index is 0.477. The molecule has 3 heterocycles. The molecule has 3 aromatic rings. The standard InChI is InChI=1S/C19H22ClN3S/c1-12-4-3-5-16(13(12)2)21-19-18(14-8-9-24-11-14)22-17-7-6-15(20)10-23(17)19/h6-13,16,21H,3-5H2,1-2H3. The molecular weight excluding hydrogens is 338 g/mol. The van der Waals surface area contributed by atoms with Gasteiger partial charge < -0.3 is 5.32 Å². The van der Waals surface area contributed by atoms with E-state index in [2.05, 4.69) is 40.4 Å². The zero-order valence-electron chi connectivity index (χ0n) is 14.0. The Balaban J connectivity index is 1.80. The molecule has 1 saturated carbocycles. The number of anilines is 1. The van der Waals surface area contributed by atoms with E-state index in [0.29, 0.717) is 12.0 Å². The molecule has 5 heteroatoms. The van der Waals surface area contributed by atoms with E-state index >= 15 is 0 Å². The van der Waals surface area contributed by atoms with Crippen molar-refractivity contribution in [3.63, 3.8) is 0 Å². The molecule has 0 amide bonds. The number of hydrogen-bond donors (Lipinski definition) is 1. The highest BCUT2D eigenvalue weighted by molar-refractivity contribution is 7.08. The normalized spacial score (nSPS) is 24.4. The molecule has 24 heavy (non-hydrogen) atoms. The molecule has 0 saturated heterocycles. The first-order valence-electron chi connectivity index (χ1n) is 8.60. The molecule has 3 unspecified atom stereocenters. The van der Waals surface area contributed by atoms with Gasteiger partial charge in [0, 0.05) is 23.2 Å². The quantitative estimate of drug-likeness (QED) is 0.625. The molecule has 3 atom stereocenters. The highest BCUT2D eigenvalue weighted by Crippen LogP contribution is 2.36. The molecule has 0 spiro atoms. The van der Waals surface area contributed by atoms with Crippen LogP contribution in [0.3, 0.4) is 0 Å². The van der Waals surface area contributed by atoms with E-state index in [4.69, 9.17) is 16.6 Å². The number of aromatic nitrogens is 2. The smallest absolute Gasteiger partial charge is 0.139 e. The van der Waals surface area contributed by atoms with Crippen molar-refractivity contribution in [2.45, 2.75) is 39.2 Å². The van der Waals surface area contributed by atoms with Crippen molar-refractivity contribution in [1.82, 2.24) is 9.38 Å². The van der Waals surface area contributed by atoms with Crippen LogP contribution in [0.25, 0.3) is 16.9 Å². The lowest BCUT2D eigenvalue weighted by Gasteiger charge is -2.35. The third-order valence-corrected chi connectivity index (χ3v) is 6.31. The summed E-state index contributed by atoms with van der Waals surface area (Å²) >= 11 is 7.95. The first kappa shape index (κ1) is 16.0. The fourth-order valence-corrected chi connectivity index (χ4v) is 4.52. The minimum Gasteiger partial charge on any atom is -0.366 e. The summed E-state index contributed by atoms with van der Waals surface area (Å²) in [6.07, 6.45) is 5.78. The third-order valence-electron chi connectivity index (χ3n) is 5.41. The molecule has 0 aliphatic heterocycles. The molecule has 4 rings (SSSR count). The van der Waals surface area contributed by atoms with Gasteiger partial charge in [0.05, 0.1) is 5.02 Å². The Hall–Kier alpha value is -1.52. The van der Waals surface area contributed by atoms with Gasteiger partial charge in [-0.05, 0) is 41.8 Å². The second-order valence-corrected chi connectivity index (χ2v) is 8.13. The highest BCUT2D eigenvalue weighted by atomic mass is 35.5. The molecule has 126 valence electrons. The Morgan fingerprint density at radius 1 is 1.25 bits per heavy atom. The summed E-state index contributed by atoms with van der Waals surface area (Å²) in [6.45, 7) is 4.73. The molecule has 1 N–H and O–H groups in total. The van der Waals surface area contributed by atoms with Gasteiger partial charge in [-0.15, -0.1) is 0 Å². The van der Waals surface area contributed by atoms with E-state index < -0.39 is 0 Å². The van der Waals surface area contributed by atoms with E-state index in [1.165, 1.54) is 24.8 Å². The zero-order valence-corrected chi connectivity index (χ0v) is 15.6. The van der Waals surface area contributed by atoms with Crippen molar-refractivity contribution in [3.05, 3.63) is 40.2 Å². The van der Waals surface area contributed by atoms with Gasteiger partial charge in [0.2, 0.25) is 0 Å². The molecule has 1 aliphatic rings. The van der Waals surface area contributed by atoms with Crippen LogP contribution in [0.15, 0.2) is 35.2 Å². The predicted octanol–water partition coefficient (Wildman–Crippen LogP) is 5.95. The summed E-state index contributed by atoms with van der Waals surface area (Å²) in [5.41, 5.74) is 3.11. The van der Waals surface area contributed by atoms with Crippen LogP contribution in [0.5, 0.6) is 0 Å². The van der Waals surface area contributed by atoms with Crippen molar-refractivity contribution in [2.75, 3.05) is 5.32 Å². The third kappa shape index (κ3) is 2.82. The minimum absolute atomic E-state index is 0.477. The van der Waals surface area contributed by atoms with Crippen LogP contribution in [0.4, 0.5) is 5.82 Å². The maximum Gasteiger partial charge on any atom is 0.139 e. The summed E-state index contributed by atoms with van der Waals surface area (Å²) in [5.74, 6) is 2.47. The summed E-state index contributed by atoms with van der Waals surface area (Å²) in [6, 6.07) is 6.49. The van der Waals surface area contributed by atoms with Crippen LogP contribution < -0.4 is 5.32 Å². The van der Waals surface area contributed by atoms with Gasteiger partial charge in [-0.25, -0.2) is 4.98 Å². The van der Waals surface area contributed by atoms with Gasteiger partial charge in [-0.1, -0.05) is 38.3 Å². The summed E-state index contributed by atoms with van der Waals surface area (Å²) in [7, 11) is 0. The van der Waals surface area contributed by atoms with E-state index in [0.717, 1.165) is 28.1 Å². The molecule has 1 aliphatic carbocycles. The topological polar surface area (TPSA) is 29.3 Å². The average Bonchev–Trinajstić information content (AvgIpc) is 3.20. The van der Waals surface area contributed by atoms with Crippen molar-refractivity contribution >= 4 is 34.4 Å². The second kappa shape index (κ2) is 6.41. The Labute approximate surface area is 151 Å². The Morgan fingerprint density at radius 3 is 2.92 bits per heavy atom. The summed E-state index contributed by atoms with van der Waals surface area (Å²) in [4.78, 5) is 4.85. The summed E-state index contributed by atoms with van der Waals surface area (Å²) < 4.78 is 2.10. The number of pyridine rings is 1. The Kier molecular flexibility index (Phi) is 4.27. The maximum absolute atomic E-state index is 6.25. The lowest BCUT2D eigenvalue weighted by Crippen LogP contribution is -2.35. The number of nitrogens with zero attached hydrogens (tertiary/aromatic N) is 2. The molecule has 3 nitrogen and oxygen atoms in total. The predicted molar refractivity (Wildman–Crippen MR) is 103 cm³/mol. The second-order valence-electron chi connectivity index (χ2n) is 6.91. The molecule has 0 bridgehead atoms. The van der Waals surface area contributed by atoms with Gasteiger partial charge in [-0.3, -0.25) is 4.40 Å². The zero-order chi connectivity index (χ0) is 16.7. The Bertz CT molecular complexity index is 840. The SMILES string of the molecule is CC1CCCC(Nc2c(-c3ccsc3)nc3ccc(Cl)cn23)C1C. The van der Waals surface area contributed by atoms with Gasteiger partial charge >= 0.3 is 0 Å². The lowest BCUT2D eigenvalue weighted by molar-refractivity contribution is 0.253. The first-order valence-corrected chi connectivity index (χ1v) is 9.92. The lowest BCUT2D eigenvalue weighted by atomic mass is 9.78. The van der Waals surface area contributed by atoms with E-state index in [-0.39, 0.29) is 0 Å². The van der Waals surface area contributed by atoms with Crippen LogP contribution >= 0.6 is 22.9 Å². The molecule has 0 radical (unpaired) electrons. The monoisotopic (exact) mass is 359 g/mol. The fourth-order valence-electron chi connectivity index (χ4n) is 3.72. The average molecular weight is 360 g/mol. The van der Waals surface area contributed by atoms with Gasteiger partial charge in [0.15, 0.2) is 0 Å². The number of fused-ring (bicyclic) bond motifs is 1. The van der Waals surface area contributed by atoms with Gasteiger partial charge in [-0.2, -0.15) is 11.3 Å². The Morgan fingerprint density at radius 2 is 2.12 bits per heavy atom. The van der Waals surface area contributed by atoms with Gasteiger partial charge in [0.25, 0.3) is 0 Å². The number of hydrogen-bond acceptors (Lipinski definition) is 3. The van der Waals surface area contributed by atoms with Crippen LogP contribution in [0.2, 0.25) is 5.02 Å². The van der Waals surface area contributed by atoms with E-state index in [1.54, 1.807) is 11.3 Å². The van der Waals surface area contributed by atoms with Crippen molar-refractivity contribution in [2.24, 2.45) is 11.8 Å². The van der Waals surface area contributed by atoms with E-state index in [9.17, 15) is 0 Å². The molecule has 0 aromatic carbocycles. The molecular formula is C19H22ClN3S. The maximum atomic E-state index is 6.25. The van der Waals surface area contributed by atoms with Crippen LogP contribution in [-0.2, 0) is 0 Å². The number of thiophene rings is 1. The summed E-state index contributed by atoms with van der Waals surface area (Å²) in [5, 5.41) is 8.79. The van der Waals surface area contributed by atoms with Crippen molar-refractivity contribution in [3.8, 4) is 11.3 Å². The first-order chi connectivity index (χ1) is 11.6. The number of nitrogens with one attached hydrogen (secondary N) is 1. The van der Waals surface area contributed by atoms with Crippen LogP contribution in [-0.4, -0.2) is 15.4 Å². The number of halogens is 1. The fraction of sp³-hybridized carbons (Fsp3) is 0.421. The molecule has 1 fully saturated rings. The van der Waals surface area contributed by atoms with E-state index in [1.807, 2.05) is 18.3 Å². The van der Waals surface area contributed by atoms with Crippen molar-refractivity contribution in [1.29, 1.82) is 0 Å².